The van der Waals surface area contributed by atoms with Crippen molar-refractivity contribution >= 4 is 12.1 Å². The monoisotopic (exact) mass is 355 g/mol. The standard InChI is InChI=1S/C20H21NO5/c1-13(22)26-18-8-7-14(9-19(18)24-2)12-25-20(23)21-17-10-15-5-3-4-6-16(15)11-17/h3-9,17H,10-12H2,1-2H3,(H,21,23). The predicted molar refractivity (Wildman–Crippen MR) is 95.3 cm³/mol. The van der Waals surface area contributed by atoms with Crippen LogP contribution in [0.25, 0.3) is 0 Å². The first kappa shape index (κ1) is 17.8. The summed E-state index contributed by atoms with van der Waals surface area (Å²) in [7, 11) is 1.48. The summed E-state index contributed by atoms with van der Waals surface area (Å²) in [4.78, 5) is 23.1. The molecule has 1 aliphatic carbocycles. The lowest BCUT2D eigenvalue weighted by molar-refractivity contribution is -0.132. The summed E-state index contributed by atoms with van der Waals surface area (Å²) >= 11 is 0. The maximum atomic E-state index is 12.1. The van der Waals surface area contributed by atoms with Crippen molar-refractivity contribution in [2.75, 3.05) is 7.11 Å². The van der Waals surface area contributed by atoms with E-state index in [0.29, 0.717) is 11.5 Å². The average molecular weight is 355 g/mol. The van der Waals surface area contributed by atoms with Crippen molar-refractivity contribution in [1.29, 1.82) is 0 Å². The van der Waals surface area contributed by atoms with Crippen LogP contribution in [0.1, 0.15) is 23.6 Å². The van der Waals surface area contributed by atoms with Crippen LogP contribution in [0.2, 0.25) is 0 Å². The topological polar surface area (TPSA) is 73.9 Å². The molecule has 0 saturated carbocycles. The van der Waals surface area contributed by atoms with Gasteiger partial charge in [-0.15, -0.1) is 0 Å². The summed E-state index contributed by atoms with van der Waals surface area (Å²) in [6.07, 6.45) is 1.18. The lowest BCUT2D eigenvalue weighted by Crippen LogP contribution is -2.35. The fraction of sp³-hybridized carbons (Fsp3) is 0.300. The quantitative estimate of drug-likeness (QED) is 0.659. The third-order valence-corrected chi connectivity index (χ3v) is 4.22. The van der Waals surface area contributed by atoms with Crippen LogP contribution >= 0.6 is 0 Å². The Kier molecular flexibility index (Phi) is 5.41. The molecule has 0 fully saturated rings. The number of fused-ring (bicyclic) bond motifs is 1. The van der Waals surface area contributed by atoms with Gasteiger partial charge in [0.15, 0.2) is 11.5 Å². The van der Waals surface area contributed by atoms with Crippen LogP contribution < -0.4 is 14.8 Å². The molecule has 0 aliphatic heterocycles. The fourth-order valence-corrected chi connectivity index (χ4v) is 3.06. The Hall–Kier alpha value is -3.02. The molecular weight excluding hydrogens is 334 g/mol. The molecule has 0 unspecified atom stereocenters. The largest absolute Gasteiger partial charge is 0.493 e. The van der Waals surface area contributed by atoms with Gasteiger partial charge in [0.05, 0.1) is 7.11 Å². The van der Waals surface area contributed by atoms with E-state index in [9.17, 15) is 9.59 Å². The van der Waals surface area contributed by atoms with Crippen LogP contribution in [-0.2, 0) is 29.0 Å². The van der Waals surface area contributed by atoms with Gasteiger partial charge in [0.1, 0.15) is 6.61 Å². The number of carbonyl (C=O) groups excluding carboxylic acids is 2. The molecular formula is C20H21NO5. The Morgan fingerprint density at radius 1 is 1.08 bits per heavy atom. The van der Waals surface area contributed by atoms with Crippen molar-refractivity contribution in [2.45, 2.75) is 32.4 Å². The molecule has 0 saturated heterocycles. The van der Waals surface area contributed by atoms with Crippen molar-refractivity contribution < 1.29 is 23.8 Å². The number of hydrogen-bond acceptors (Lipinski definition) is 5. The first-order valence-corrected chi connectivity index (χ1v) is 8.40. The highest BCUT2D eigenvalue weighted by Crippen LogP contribution is 2.28. The van der Waals surface area contributed by atoms with E-state index in [-0.39, 0.29) is 12.6 Å². The molecule has 1 N–H and O–H groups in total. The molecule has 0 heterocycles. The molecule has 2 aromatic carbocycles. The first-order valence-electron chi connectivity index (χ1n) is 8.40. The van der Waals surface area contributed by atoms with Crippen LogP contribution in [0.5, 0.6) is 11.5 Å². The molecule has 0 radical (unpaired) electrons. The molecule has 1 aliphatic rings. The van der Waals surface area contributed by atoms with E-state index in [1.165, 1.54) is 25.2 Å². The Morgan fingerprint density at radius 2 is 1.77 bits per heavy atom. The third kappa shape index (κ3) is 4.33. The SMILES string of the molecule is COc1cc(COC(=O)NC2Cc3ccccc3C2)ccc1OC(C)=O. The van der Waals surface area contributed by atoms with Crippen LogP contribution in [0.3, 0.4) is 0 Å². The Bertz CT molecular complexity index is 793. The molecule has 0 bridgehead atoms. The number of rotatable bonds is 5. The summed E-state index contributed by atoms with van der Waals surface area (Å²) in [6.45, 7) is 1.42. The molecule has 0 aromatic heterocycles. The van der Waals surface area contributed by atoms with Gasteiger partial charge in [-0.05, 0) is 41.7 Å². The zero-order chi connectivity index (χ0) is 18.5. The zero-order valence-electron chi connectivity index (χ0n) is 14.8. The summed E-state index contributed by atoms with van der Waals surface area (Å²) in [6, 6.07) is 13.2. The molecule has 0 atom stereocenters. The number of methoxy groups -OCH3 is 1. The van der Waals surface area contributed by atoms with E-state index in [4.69, 9.17) is 14.2 Å². The number of ether oxygens (including phenoxy) is 3. The highest BCUT2D eigenvalue weighted by molar-refractivity contribution is 5.70. The van der Waals surface area contributed by atoms with Gasteiger partial charge in [-0.25, -0.2) is 4.79 Å². The van der Waals surface area contributed by atoms with Crippen molar-refractivity contribution in [3.63, 3.8) is 0 Å². The van der Waals surface area contributed by atoms with Crippen molar-refractivity contribution in [2.24, 2.45) is 0 Å². The van der Waals surface area contributed by atoms with E-state index in [2.05, 4.69) is 17.4 Å². The lowest BCUT2D eigenvalue weighted by Gasteiger charge is -2.13. The summed E-state index contributed by atoms with van der Waals surface area (Å²) in [5.74, 6) is 0.314. The second kappa shape index (κ2) is 7.91. The minimum absolute atomic E-state index is 0.0563. The highest BCUT2D eigenvalue weighted by atomic mass is 16.6. The van der Waals surface area contributed by atoms with Gasteiger partial charge in [-0.1, -0.05) is 30.3 Å². The number of nitrogens with one attached hydrogen (secondary N) is 1. The van der Waals surface area contributed by atoms with Crippen molar-refractivity contribution in [3.8, 4) is 11.5 Å². The van der Waals surface area contributed by atoms with Gasteiger partial charge in [-0.3, -0.25) is 4.79 Å². The minimum atomic E-state index is -0.453. The summed E-state index contributed by atoms with van der Waals surface area (Å²) < 4.78 is 15.6. The fourth-order valence-electron chi connectivity index (χ4n) is 3.06. The second-order valence-corrected chi connectivity index (χ2v) is 6.17. The van der Waals surface area contributed by atoms with Gasteiger partial charge >= 0.3 is 12.1 Å². The van der Waals surface area contributed by atoms with E-state index < -0.39 is 12.1 Å². The number of amides is 1. The molecule has 1 amide bonds. The van der Waals surface area contributed by atoms with E-state index >= 15 is 0 Å². The summed E-state index contributed by atoms with van der Waals surface area (Å²) in [5.41, 5.74) is 3.27. The maximum Gasteiger partial charge on any atom is 0.407 e. The number of alkyl carbamates (subject to hydrolysis) is 1. The van der Waals surface area contributed by atoms with E-state index in [0.717, 1.165) is 18.4 Å². The predicted octanol–water partition coefficient (Wildman–Crippen LogP) is 3.01. The van der Waals surface area contributed by atoms with Crippen LogP contribution in [-0.4, -0.2) is 25.2 Å². The molecule has 26 heavy (non-hydrogen) atoms. The van der Waals surface area contributed by atoms with Gasteiger partial charge in [0.25, 0.3) is 0 Å². The number of carbonyl (C=O) groups is 2. The average Bonchev–Trinajstić information content (AvgIpc) is 3.02. The Balaban J connectivity index is 1.52. The lowest BCUT2D eigenvalue weighted by atomic mass is 10.1. The van der Waals surface area contributed by atoms with Gasteiger partial charge in [0, 0.05) is 13.0 Å². The summed E-state index contributed by atoms with van der Waals surface area (Å²) in [5, 5.41) is 2.90. The Labute approximate surface area is 152 Å². The number of benzene rings is 2. The van der Waals surface area contributed by atoms with Crippen LogP contribution in [0.4, 0.5) is 4.79 Å². The van der Waals surface area contributed by atoms with Crippen molar-refractivity contribution in [3.05, 3.63) is 59.2 Å². The number of hydrogen-bond donors (Lipinski definition) is 1. The second-order valence-electron chi connectivity index (χ2n) is 6.17. The normalized spacial score (nSPS) is 13.0. The van der Waals surface area contributed by atoms with Crippen LogP contribution in [0.15, 0.2) is 42.5 Å². The first-order chi connectivity index (χ1) is 12.5. The van der Waals surface area contributed by atoms with Gasteiger partial charge in [0.2, 0.25) is 0 Å². The van der Waals surface area contributed by atoms with Gasteiger partial charge < -0.3 is 19.5 Å². The minimum Gasteiger partial charge on any atom is -0.493 e. The third-order valence-electron chi connectivity index (χ3n) is 4.22. The molecule has 3 rings (SSSR count). The molecule has 2 aromatic rings. The molecule has 6 nitrogen and oxygen atoms in total. The molecule has 6 heteroatoms. The zero-order valence-corrected chi connectivity index (χ0v) is 14.8. The van der Waals surface area contributed by atoms with E-state index in [1.807, 2.05) is 12.1 Å². The Morgan fingerprint density at radius 3 is 2.38 bits per heavy atom. The van der Waals surface area contributed by atoms with E-state index in [1.54, 1.807) is 18.2 Å². The van der Waals surface area contributed by atoms with Crippen molar-refractivity contribution in [1.82, 2.24) is 5.32 Å². The maximum absolute atomic E-state index is 12.1. The molecule has 136 valence electrons. The number of esters is 1. The smallest absolute Gasteiger partial charge is 0.407 e. The van der Waals surface area contributed by atoms with Crippen LogP contribution in [0, 0.1) is 0 Å². The van der Waals surface area contributed by atoms with Gasteiger partial charge in [-0.2, -0.15) is 0 Å². The highest BCUT2D eigenvalue weighted by Gasteiger charge is 2.22. The molecule has 0 spiro atoms.